The summed E-state index contributed by atoms with van der Waals surface area (Å²) < 4.78 is 10.7. The molecule has 0 atom stereocenters. The fourth-order valence-corrected chi connectivity index (χ4v) is 1.90. The summed E-state index contributed by atoms with van der Waals surface area (Å²) in [5.74, 6) is 1.51. The number of carbonyl (C=O) groups is 1. The number of ether oxygens (including phenoxy) is 2. The molecule has 2 N–H and O–H groups in total. The van der Waals surface area contributed by atoms with Crippen molar-refractivity contribution < 1.29 is 14.3 Å². The van der Waals surface area contributed by atoms with E-state index < -0.39 is 0 Å². The summed E-state index contributed by atoms with van der Waals surface area (Å²) in [6.45, 7) is 3.86. The van der Waals surface area contributed by atoms with Crippen molar-refractivity contribution in [1.29, 1.82) is 0 Å². The van der Waals surface area contributed by atoms with Crippen molar-refractivity contribution >= 4 is 11.7 Å². The number of nitrogens with zero attached hydrogens (tertiary/aromatic N) is 1. The SMILES string of the molecule is CCc1cn[nH]c1NC(=O)COc1ccc(C)cc1OC. The van der Waals surface area contributed by atoms with Gasteiger partial charge in [-0.15, -0.1) is 0 Å². The first kappa shape index (κ1) is 14.9. The van der Waals surface area contributed by atoms with Crippen molar-refractivity contribution in [3.05, 3.63) is 35.5 Å². The van der Waals surface area contributed by atoms with Crippen molar-refractivity contribution in [2.24, 2.45) is 0 Å². The average Bonchev–Trinajstić information content (AvgIpc) is 2.92. The Morgan fingerprint density at radius 1 is 1.38 bits per heavy atom. The maximum absolute atomic E-state index is 11.9. The summed E-state index contributed by atoms with van der Waals surface area (Å²) in [6, 6.07) is 5.55. The number of nitrogens with one attached hydrogen (secondary N) is 2. The summed E-state index contributed by atoms with van der Waals surface area (Å²) in [4.78, 5) is 11.9. The molecular formula is C15H19N3O3. The van der Waals surface area contributed by atoms with Crippen LogP contribution in [0.5, 0.6) is 11.5 Å². The van der Waals surface area contributed by atoms with E-state index in [4.69, 9.17) is 9.47 Å². The molecule has 0 aliphatic carbocycles. The molecule has 1 amide bonds. The average molecular weight is 289 g/mol. The molecule has 0 bridgehead atoms. The molecule has 2 aromatic rings. The molecule has 6 nitrogen and oxygen atoms in total. The van der Waals surface area contributed by atoms with E-state index in [1.807, 2.05) is 26.0 Å². The number of rotatable bonds is 6. The third-order valence-electron chi connectivity index (χ3n) is 3.04. The normalized spacial score (nSPS) is 10.2. The summed E-state index contributed by atoms with van der Waals surface area (Å²) in [5.41, 5.74) is 2.02. The van der Waals surface area contributed by atoms with E-state index in [-0.39, 0.29) is 12.5 Å². The molecular weight excluding hydrogens is 270 g/mol. The number of H-pyrrole nitrogens is 1. The third kappa shape index (κ3) is 3.75. The Morgan fingerprint density at radius 2 is 2.19 bits per heavy atom. The maximum atomic E-state index is 11.9. The minimum absolute atomic E-state index is 0.0956. The Labute approximate surface area is 123 Å². The minimum Gasteiger partial charge on any atom is -0.493 e. The molecule has 0 saturated carbocycles. The van der Waals surface area contributed by atoms with Crippen molar-refractivity contribution in [2.75, 3.05) is 19.0 Å². The zero-order chi connectivity index (χ0) is 15.2. The number of hydrogen-bond acceptors (Lipinski definition) is 4. The number of aryl methyl sites for hydroxylation is 2. The van der Waals surface area contributed by atoms with Crippen molar-refractivity contribution in [3.8, 4) is 11.5 Å². The predicted molar refractivity (Wildman–Crippen MR) is 79.8 cm³/mol. The fraction of sp³-hybridized carbons (Fsp3) is 0.333. The monoisotopic (exact) mass is 289 g/mol. The number of aromatic nitrogens is 2. The van der Waals surface area contributed by atoms with E-state index in [1.54, 1.807) is 19.4 Å². The molecule has 0 radical (unpaired) electrons. The Balaban J connectivity index is 1.95. The van der Waals surface area contributed by atoms with Crippen LogP contribution in [-0.4, -0.2) is 29.8 Å². The molecule has 112 valence electrons. The number of amides is 1. The zero-order valence-electron chi connectivity index (χ0n) is 12.4. The highest BCUT2D eigenvalue weighted by molar-refractivity contribution is 5.91. The van der Waals surface area contributed by atoms with Crippen LogP contribution < -0.4 is 14.8 Å². The van der Waals surface area contributed by atoms with Crippen LogP contribution in [0.1, 0.15) is 18.1 Å². The van der Waals surface area contributed by atoms with Crippen LogP contribution in [0.4, 0.5) is 5.82 Å². The first-order chi connectivity index (χ1) is 10.1. The second kappa shape index (κ2) is 6.78. The fourth-order valence-electron chi connectivity index (χ4n) is 1.90. The highest BCUT2D eigenvalue weighted by atomic mass is 16.5. The lowest BCUT2D eigenvalue weighted by Crippen LogP contribution is -2.21. The summed E-state index contributed by atoms with van der Waals surface area (Å²) >= 11 is 0. The van der Waals surface area contributed by atoms with Gasteiger partial charge in [0, 0.05) is 5.56 Å². The maximum Gasteiger partial charge on any atom is 0.263 e. The lowest BCUT2D eigenvalue weighted by molar-refractivity contribution is -0.118. The number of benzene rings is 1. The summed E-state index contributed by atoms with van der Waals surface area (Å²) in [7, 11) is 1.57. The largest absolute Gasteiger partial charge is 0.493 e. The highest BCUT2D eigenvalue weighted by Crippen LogP contribution is 2.27. The van der Waals surface area contributed by atoms with Gasteiger partial charge in [-0.1, -0.05) is 13.0 Å². The van der Waals surface area contributed by atoms with Crippen molar-refractivity contribution in [2.45, 2.75) is 20.3 Å². The van der Waals surface area contributed by atoms with Crippen molar-refractivity contribution in [3.63, 3.8) is 0 Å². The van der Waals surface area contributed by atoms with Gasteiger partial charge in [0.1, 0.15) is 5.82 Å². The van der Waals surface area contributed by atoms with Crippen LogP contribution in [0.3, 0.4) is 0 Å². The molecule has 0 aliphatic rings. The number of anilines is 1. The van der Waals surface area contributed by atoms with E-state index in [9.17, 15) is 4.79 Å². The van der Waals surface area contributed by atoms with Gasteiger partial charge in [0.05, 0.1) is 13.3 Å². The molecule has 2 rings (SSSR count). The Kier molecular flexibility index (Phi) is 4.81. The van der Waals surface area contributed by atoms with E-state index in [2.05, 4.69) is 15.5 Å². The molecule has 0 spiro atoms. The van der Waals surface area contributed by atoms with Gasteiger partial charge in [-0.05, 0) is 31.0 Å². The third-order valence-corrected chi connectivity index (χ3v) is 3.04. The predicted octanol–water partition coefficient (Wildman–Crippen LogP) is 2.31. The van der Waals surface area contributed by atoms with Gasteiger partial charge in [-0.2, -0.15) is 5.10 Å². The highest BCUT2D eigenvalue weighted by Gasteiger charge is 2.10. The van der Waals surface area contributed by atoms with E-state index in [0.717, 1.165) is 17.5 Å². The topological polar surface area (TPSA) is 76.2 Å². The van der Waals surface area contributed by atoms with Crippen molar-refractivity contribution in [1.82, 2.24) is 10.2 Å². The Bertz CT molecular complexity index is 622. The quantitative estimate of drug-likeness (QED) is 0.855. The van der Waals surface area contributed by atoms with E-state index in [0.29, 0.717) is 17.3 Å². The van der Waals surface area contributed by atoms with Crippen LogP contribution in [-0.2, 0) is 11.2 Å². The number of methoxy groups -OCH3 is 1. The number of hydrogen-bond donors (Lipinski definition) is 2. The van der Waals surface area contributed by atoms with E-state index >= 15 is 0 Å². The number of aromatic amines is 1. The molecule has 0 fully saturated rings. The summed E-state index contributed by atoms with van der Waals surface area (Å²) in [5, 5.41) is 9.39. The van der Waals surface area contributed by atoms with Crippen LogP contribution in [0, 0.1) is 6.92 Å². The Hall–Kier alpha value is -2.50. The molecule has 1 aromatic heterocycles. The van der Waals surface area contributed by atoms with Gasteiger partial charge in [0.2, 0.25) is 0 Å². The minimum atomic E-state index is -0.253. The molecule has 0 unspecified atom stereocenters. The molecule has 21 heavy (non-hydrogen) atoms. The van der Waals surface area contributed by atoms with Gasteiger partial charge in [-0.3, -0.25) is 9.89 Å². The second-order valence-corrected chi connectivity index (χ2v) is 4.61. The summed E-state index contributed by atoms with van der Waals surface area (Å²) in [6.07, 6.45) is 2.48. The van der Waals surface area contributed by atoms with Crippen LogP contribution in [0.15, 0.2) is 24.4 Å². The second-order valence-electron chi connectivity index (χ2n) is 4.61. The molecule has 1 heterocycles. The smallest absolute Gasteiger partial charge is 0.263 e. The van der Waals surface area contributed by atoms with E-state index in [1.165, 1.54) is 0 Å². The lowest BCUT2D eigenvalue weighted by Gasteiger charge is -2.11. The van der Waals surface area contributed by atoms with Gasteiger partial charge < -0.3 is 14.8 Å². The molecule has 0 aliphatic heterocycles. The Morgan fingerprint density at radius 3 is 2.90 bits per heavy atom. The van der Waals surface area contributed by atoms with Gasteiger partial charge in [0.15, 0.2) is 18.1 Å². The first-order valence-electron chi connectivity index (χ1n) is 6.73. The number of carbonyl (C=O) groups excluding carboxylic acids is 1. The zero-order valence-corrected chi connectivity index (χ0v) is 12.4. The van der Waals surface area contributed by atoms with Crippen LogP contribution in [0.2, 0.25) is 0 Å². The van der Waals surface area contributed by atoms with Gasteiger partial charge in [-0.25, -0.2) is 0 Å². The van der Waals surface area contributed by atoms with Crippen LogP contribution in [0.25, 0.3) is 0 Å². The molecule has 0 saturated heterocycles. The molecule has 6 heteroatoms. The molecule has 1 aromatic carbocycles. The van der Waals surface area contributed by atoms with Gasteiger partial charge in [0.25, 0.3) is 5.91 Å². The van der Waals surface area contributed by atoms with Gasteiger partial charge >= 0.3 is 0 Å². The van der Waals surface area contributed by atoms with Crippen LogP contribution >= 0.6 is 0 Å². The lowest BCUT2D eigenvalue weighted by atomic mass is 10.2. The first-order valence-corrected chi connectivity index (χ1v) is 6.73. The standard InChI is InChI=1S/C15H19N3O3/c1-4-11-8-16-18-15(11)17-14(19)9-21-12-6-5-10(2)7-13(12)20-3/h5-8H,4,9H2,1-3H3,(H2,16,17,18,19).